The van der Waals surface area contributed by atoms with E-state index in [2.05, 4.69) is 11.8 Å². The number of rotatable bonds is 10. The van der Waals surface area contributed by atoms with Crippen LogP contribution in [0.5, 0.6) is 17.2 Å². The van der Waals surface area contributed by atoms with Gasteiger partial charge in [-0.25, -0.2) is 0 Å². The Hall–Kier alpha value is -3.26. The molecule has 2 aliphatic rings. The van der Waals surface area contributed by atoms with Gasteiger partial charge in [-0.2, -0.15) is 0 Å². The molecule has 2 aromatic carbocycles. The first-order chi connectivity index (χ1) is 17.4. The number of methoxy groups -OCH3 is 1. The van der Waals surface area contributed by atoms with Crippen LogP contribution in [-0.2, 0) is 9.59 Å². The maximum Gasteiger partial charge on any atom is 0.309 e. The molecule has 8 nitrogen and oxygen atoms in total. The Morgan fingerprint density at radius 1 is 1.08 bits per heavy atom. The predicted molar refractivity (Wildman–Crippen MR) is 135 cm³/mol. The van der Waals surface area contributed by atoms with E-state index in [4.69, 9.17) is 14.2 Å². The highest BCUT2D eigenvalue weighted by molar-refractivity contribution is 5.82. The van der Waals surface area contributed by atoms with Crippen LogP contribution in [0.1, 0.15) is 56.2 Å². The topological polar surface area (TPSA) is 88.5 Å². The molecule has 0 radical (unpaired) electrons. The monoisotopic (exact) mass is 496 g/mol. The molecule has 2 aliphatic heterocycles. The van der Waals surface area contributed by atoms with Crippen molar-refractivity contribution in [3.8, 4) is 17.2 Å². The van der Waals surface area contributed by atoms with Gasteiger partial charge >= 0.3 is 5.97 Å². The van der Waals surface area contributed by atoms with E-state index in [1.54, 1.807) is 12.0 Å². The quantitative estimate of drug-likeness (QED) is 0.525. The van der Waals surface area contributed by atoms with Gasteiger partial charge in [-0.15, -0.1) is 0 Å². The number of amides is 1. The summed E-state index contributed by atoms with van der Waals surface area (Å²) in [7, 11) is 3.43. The smallest absolute Gasteiger partial charge is 0.309 e. The largest absolute Gasteiger partial charge is 0.497 e. The van der Waals surface area contributed by atoms with Crippen LogP contribution in [-0.4, -0.2) is 66.9 Å². The number of carboxylic acids is 1. The first-order valence-corrected chi connectivity index (χ1v) is 12.7. The maximum absolute atomic E-state index is 13.6. The van der Waals surface area contributed by atoms with Crippen molar-refractivity contribution in [1.29, 1.82) is 0 Å². The molecule has 2 aromatic rings. The average Bonchev–Trinajstić information content (AvgIpc) is 3.51. The Bertz CT molecular complexity index is 1070. The zero-order chi connectivity index (χ0) is 25.8. The summed E-state index contributed by atoms with van der Waals surface area (Å²) >= 11 is 0. The molecule has 0 aromatic heterocycles. The first kappa shape index (κ1) is 25.8. The van der Waals surface area contributed by atoms with Crippen molar-refractivity contribution in [2.24, 2.45) is 5.92 Å². The van der Waals surface area contributed by atoms with E-state index in [-0.39, 0.29) is 18.6 Å². The van der Waals surface area contributed by atoms with Gasteiger partial charge in [-0.3, -0.25) is 14.5 Å². The summed E-state index contributed by atoms with van der Waals surface area (Å²) in [5.41, 5.74) is 1.73. The Labute approximate surface area is 212 Å². The Kier molecular flexibility index (Phi) is 8.04. The van der Waals surface area contributed by atoms with Crippen LogP contribution in [0.2, 0.25) is 0 Å². The number of carboxylic acid groups (broad SMARTS) is 1. The second-order valence-electron chi connectivity index (χ2n) is 9.56. The standard InChI is InChI=1S/C28H36N2O6/c1-5-7-22(27(31)29(3)14-6-2)30-16-21(19-10-13-23-24(15-19)36-17-35-23)25(28(32)33)26(30)18-8-11-20(34-4)12-9-18/h8-13,15,21-22,25-26H,5-7,14,16-17H2,1-4H3,(H,32,33)/t21?,22-,25?,26?/m1/s1. The molecule has 36 heavy (non-hydrogen) atoms. The Balaban J connectivity index is 1.79. The fourth-order valence-corrected chi connectivity index (χ4v) is 5.57. The van der Waals surface area contributed by atoms with Crippen molar-refractivity contribution in [1.82, 2.24) is 9.80 Å². The molecule has 3 unspecified atom stereocenters. The minimum atomic E-state index is -0.884. The number of ether oxygens (including phenoxy) is 3. The van der Waals surface area contributed by atoms with Crippen molar-refractivity contribution in [3.63, 3.8) is 0 Å². The lowest BCUT2D eigenvalue weighted by atomic mass is 9.82. The van der Waals surface area contributed by atoms with Gasteiger partial charge in [-0.05, 0) is 48.2 Å². The van der Waals surface area contributed by atoms with E-state index in [9.17, 15) is 14.7 Å². The molecule has 1 amide bonds. The summed E-state index contributed by atoms with van der Waals surface area (Å²) in [4.78, 5) is 30.4. The van der Waals surface area contributed by atoms with Crippen molar-refractivity contribution in [3.05, 3.63) is 53.6 Å². The normalized spacial score (nSPS) is 21.8. The summed E-state index contributed by atoms with van der Waals surface area (Å²) in [6.45, 7) is 5.37. The molecule has 0 saturated carbocycles. The van der Waals surface area contributed by atoms with Crippen LogP contribution in [0.3, 0.4) is 0 Å². The van der Waals surface area contributed by atoms with Crippen LogP contribution < -0.4 is 14.2 Å². The third-order valence-corrected chi connectivity index (χ3v) is 7.29. The third-order valence-electron chi connectivity index (χ3n) is 7.29. The second kappa shape index (κ2) is 11.2. The van der Waals surface area contributed by atoms with Crippen molar-refractivity contribution in [2.75, 3.05) is 34.0 Å². The SMILES string of the molecule is CCC[C@H](C(=O)N(C)CCC)N1CC(c2ccc3c(c2)OCO3)C(C(=O)O)C1c1ccc(OC)cc1. The Morgan fingerprint density at radius 3 is 2.42 bits per heavy atom. The number of likely N-dealkylation sites (tertiary alicyclic amines) is 1. The van der Waals surface area contributed by atoms with Gasteiger partial charge in [-0.1, -0.05) is 38.5 Å². The zero-order valence-electron chi connectivity index (χ0n) is 21.5. The van der Waals surface area contributed by atoms with Crippen LogP contribution in [0.15, 0.2) is 42.5 Å². The second-order valence-corrected chi connectivity index (χ2v) is 9.56. The van der Waals surface area contributed by atoms with Crippen LogP contribution >= 0.6 is 0 Å². The number of carbonyl (C=O) groups is 2. The molecule has 0 aliphatic carbocycles. The maximum atomic E-state index is 13.6. The summed E-state index contributed by atoms with van der Waals surface area (Å²) < 4.78 is 16.4. The molecule has 4 rings (SSSR count). The number of likely N-dealkylation sites (N-methyl/N-ethyl adjacent to an activating group) is 1. The molecule has 1 saturated heterocycles. The number of aliphatic carboxylic acids is 1. The summed E-state index contributed by atoms with van der Waals surface area (Å²) in [6, 6.07) is 12.3. The van der Waals surface area contributed by atoms with Crippen molar-refractivity contribution in [2.45, 2.75) is 51.1 Å². The van der Waals surface area contributed by atoms with Gasteiger partial charge in [0.15, 0.2) is 11.5 Å². The minimum Gasteiger partial charge on any atom is -0.497 e. The van der Waals surface area contributed by atoms with E-state index >= 15 is 0 Å². The van der Waals surface area contributed by atoms with Crippen molar-refractivity contribution < 1.29 is 28.9 Å². The van der Waals surface area contributed by atoms with Crippen LogP contribution in [0.4, 0.5) is 0 Å². The van der Waals surface area contributed by atoms with Crippen LogP contribution in [0.25, 0.3) is 0 Å². The molecule has 4 atom stereocenters. The molecule has 194 valence electrons. The highest BCUT2D eigenvalue weighted by Crippen LogP contribution is 2.49. The number of nitrogens with zero attached hydrogens (tertiary/aromatic N) is 2. The zero-order valence-corrected chi connectivity index (χ0v) is 21.5. The third kappa shape index (κ3) is 5.00. The number of fused-ring (bicyclic) bond motifs is 1. The number of hydrogen-bond acceptors (Lipinski definition) is 6. The highest BCUT2D eigenvalue weighted by atomic mass is 16.7. The fourth-order valence-electron chi connectivity index (χ4n) is 5.57. The number of hydrogen-bond donors (Lipinski definition) is 1. The van der Waals surface area contributed by atoms with E-state index in [1.165, 1.54) is 0 Å². The van der Waals surface area contributed by atoms with Crippen molar-refractivity contribution >= 4 is 11.9 Å². The average molecular weight is 497 g/mol. The van der Waals surface area contributed by atoms with Gasteiger partial charge < -0.3 is 24.2 Å². The molecule has 8 heteroatoms. The summed E-state index contributed by atoms with van der Waals surface area (Å²) in [5, 5.41) is 10.5. The Morgan fingerprint density at radius 2 is 1.78 bits per heavy atom. The first-order valence-electron chi connectivity index (χ1n) is 12.7. The molecule has 0 bridgehead atoms. The minimum absolute atomic E-state index is 0.0349. The predicted octanol–water partition coefficient (Wildman–Crippen LogP) is 4.30. The number of carbonyl (C=O) groups excluding carboxylic acids is 1. The van der Waals surface area contributed by atoms with Gasteiger partial charge in [0, 0.05) is 32.1 Å². The lowest BCUT2D eigenvalue weighted by molar-refractivity contribution is -0.144. The van der Waals surface area contributed by atoms with Crippen LogP contribution in [0, 0.1) is 5.92 Å². The lowest BCUT2D eigenvalue weighted by Crippen LogP contribution is -2.48. The molecule has 2 heterocycles. The molecular weight excluding hydrogens is 460 g/mol. The van der Waals surface area contributed by atoms with Gasteiger partial charge in [0.2, 0.25) is 12.7 Å². The van der Waals surface area contributed by atoms with E-state index in [0.29, 0.717) is 36.8 Å². The number of benzene rings is 2. The molecule has 1 fully saturated rings. The van der Waals surface area contributed by atoms with E-state index in [1.807, 2.05) is 56.4 Å². The molecule has 0 spiro atoms. The van der Waals surface area contributed by atoms with E-state index in [0.717, 1.165) is 24.0 Å². The van der Waals surface area contributed by atoms with Gasteiger partial charge in [0.05, 0.1) is 19.1 Å². The van der Waals surface area contributed by atoms with Gasteiger partial charge in [0.25, 0.3) is 0 Å². The summed E-state index contributed by atoms with van der Waals surface area (Å²) in [5.74, 6) is 0.0622. The highest BCUT2D eigenvalue weighted by Gasteiger charge is 2.51. The molecular formula is C28H36N2O6. The lowest BCUT2D eigenvalue weighted by Gasteiger charge is -2.35. The van der Waals surface area contributed by atoms with E-state index < -0.39 is 24.0 Å². The van der Waals surface area contributed by atoms with Gasteiger partial charge in [0.1, 0.15) is 5.75 Å². The molecule has 1 N–H and O–H groups in total. The fraction of sp³-hybridized carbons (Fsp3) is 0.500. The summed E-state index contributed by atoms with van der Waals surface area (Å²) in [6.07, 6.45) is 2.33.